The fourth-order valence-electron chi connectivity index (χ4n) is 2.79. The summed E-state index contributed by atoms with van der Waals surface area (Å²) in [6.45, 7) is 0.408. The predicted octanol–water partition coefficient (Wildman–Crippen LogP) is 4.51. The zero-order valence-electron chi connectivity index (χ0n) is 17.7. The van der Waals surface area contributed by atoms with Gasteiger partial charge in [-0.1, -0.05) is 30.3 Å². The van der Waals surface area contributed by atoms with Gasteiger partial charge in [0.25, 0.3) is 0 Å². The largest absolute Gasteiger partial charge is 0.497 e. The summed E-state index contributed by atoms with van der Waals surface area (Å²) < 4.78 is 56.2. The Kier molecular flexibility index (Phi) is 7.86. The molecule has 1 N–H and O–H groups in total. The molecule has 32 heavy (non-hydrogen) atoms. The number of sulfonamides is 1. The second-order valence-electron chi connectivity index (χ2n) is 6.84. The van der Waals surface area contributed by atoms with Gasteiger partial charge in [-0.05, 0) is 59.2 Å². The summed E-state index contributed by atoms with van der Waals surface area (Å²) in [6.07, 6.45) is 1.46. The van der Waals surface area contributed by atoms with Crippen LogP contribution in [0.3, 0.4) is 0 Å². The molecular weight excluding hydrogens is 433 g/mol. The third kappa shape index (κ3) is 6.83. The molecule has 0 heterocycles. The van der Waals surface area contributed by atoms with E-state index in [4.69, 9.17) is 14.2 Å². The van der Waals surface area contributed by atoms with Gasteiger partial charge in [0, 0.05) is 12.0 Å². The first-order valence-corrected chi connectivity index (χ1v) is 11.3. The van der Waals surface area contributed by atoms with Crippen LogP contribution in [0.5, 0.6) is 17.2 Å². The van der Waals surface area contributed by atoms with Crippen molar-refractivity contribution < 1.29 is 27.0 Å². The van der Waals surface area contributed by atoms with Gasteiger partial charge in [0.1, 0.15) is 18.2 Å². The number of rotatable bonds is 10. The summed E-state index contributed by atoms with van der Waals surface area (Å²) in [4.78, 5) is 0. The number of nitrogens with one attached hydrogen (secondary N) is 1. The Morgan fingerprint density at radius 1 is 0.875 bits per heavy atom. The van der Waals surface area contributed by atoms with E-state index >= 15 is 0 Å². The smallest absolute Gasteiger partial charge is 0.234 e. The first-order valence-electron chi connectivity index (χ1n) is 9.74. The molecule has 8 heteroatoms. The average molecular weight is 458 g/mol. The van der Waals surface area contributed by atoms with E-state index in [1.54, 1.807) is 25.3 Å². The lowest BCUT2D eigenvalue weighted by molar-refractivity contribution is 0.284. The quantitative estimate of drug-likeness (QED) is 0.485. The molecule has 0 bridgehead atoms. The van der Waals surface area contributed by atoms with Crippen LogP contribution in [0.4, 0.5) is 4.39 Å². The summed E-state index contributed by atoms with van der Waals surface area (Å²) >= 11 is 0. The van der Waals surface area contributed by atoms with Gasteiger partial charge in [0.05, 0.1) is 14.2 Å². The molecule has 6 nitrogen and oxygen atoms in total. The normalized spacial score (nSPS) is 11.5. The summed E-state index contributed by atoms with van der Waals surface area (Å²) in [5, 5.41) is 1.07. The van der Waals surface area contributed by atoms with E-state index in [2.05, 4.69) is 4.72 Å². The Morgan fingerprint density at radius 2 is 1.56 bits per heavy atom. The Balaban J connectivity index is 1.62. The average Bonchev–Trinajstić information content (AvgIpc) is 2.81. The zero-order chi connectivity index (χ0) is 23.0. The van der Waals surface area contributed by atoms with E-state index < -0.39 is 10.0 Å². The number of hydrogen-bond donors (Lipinski definition) is 1. The topological polar surface area (TPSA) is 73.9 Å². The SMILES string of the molecule is COc1ccc(COc2ccc(C=CS(=O)(=O)NCc3ccc(F)cc3)cc2OC)cc1. The summed E-state index contributed by atoms with van der Waals surface area (Å²) in [6, 6.07) is 18.3. The number of hydrogen-bond acceptors (Lipinski definition) is 5. The summed E-state index contributed by atoms with van der Waals surface area (Å²) in [7, 11) is -0.548. The maximum atomic E-state index is 12.9. The van der Waals surface area contributed by atoms with Crippen LogP contribution >= 0.6 is 0 Å². The fourth-order valence-corrected chi connectivity index (χ4v) is 3.59. The zero-order valence-corrected chi connectivity index (χ0v) is 18.6. The second kappa shape index (κ2) is 10.8. The molecule has 3 rings (SSSR count). The van der Waals surface area contributed by atoms with E-state index in [1.807, 2.05) is 24.3 Å². The molecule has 3 aromatic rings. The van der Waals surface area contributed by atoms with Crippen LogP contribution in [0, 0.1) is 5.82 Å². The number of benzene rings is 3. The maximum absolute atomic E-state index is 12.9. The molecule has 0 aliphatic rings. The molecule has 0 saturated carbocycles. The summed E-state index contributed by atoms with van der Waals surface area (Å²) in [5.41, 5.74) is 2.25. The first-order chi connectivity index (χ1) is 15.4. The third-order valence-electron chi connectivity index (χ3n) is 4.57. The highest BCUT2D eigenvalue weighted by Crippen LogP contribution is 2.29. The van der Waals surface area contributed by atoms with Gasteiger partial charge in [-0.25, -0.2) is 17.5 Å². The van der Waals surface area contributed by atoms with Crippen molar-refractivity contribution >= 4 is 16.1 Å². The Morgan fingerprint density at radius 3 is 2.22 bits per heavy atom. The number of halogens is 1. The highest BCUT2D eigenvalue weighted by Gasteiger charge is 2.08. The minimum atomic E-state index is -3.68. The Labute approximate surface area is 187 Å². The van der Waals surface area contributed by atoms with Gasteiger partial charge >= 0.3 is 0 Å². The highest BCUT2D eigenvalue weighted by molar-refractivity contribution is 7.92. The Bertz CT molecular complexity index is 1160. The van der Waals surface area contributed by atoms with E-state index in [0.717, 1.165) is 16.7 Å². The van der Waals surface area contributed by atoms with Gasteiger partial charge < -0.3 is 14.2 Å². The van der Waals surface area contributed by atoms with Crippen molar-refractivity contribution in [2.24, 2.45) is 0 Å². The van der Waals surface area contributed by atoms with E-state index in [1.165, 1.54) is 37.5 Å². The summed E-state index contributed by atoms with van der Waals surface area (Å²) in [5.74, 6) is 1.42. The van der Waals surface area contributed by atoms with Crippen molar-refractivity contribution in [3.05, 3.63) is 94.6 Å². The van der Waals surface area contributed by atoms with E-state index in [0.29, 0.717) is 29.2 Å². The van der Waals surface area contributed by atoms with Crippen LogP contribution in [0.15, 0.2) is 72.1 Å². The van der Waals surface area contributed by atoms with Gasteiger partial charge in [-0.15, -0.1) is 0 Å². The van der Waals surface area contributed by atoms with Crippen LogP contribution in [0.25, 0.3) is 6.08 Å². The molecule has 0 aliphatic carbocycles. The number of methoxy groups -OCH3 is 2. The molecular formula is C24H24FNO5S. The van der Waals surface area contributed by atoms with E-state index in [9.17, 15) is 12.8 Å². The molecule has 0 spiro atoms. The predicted molar refractivity (Wildman–Crippen MR) is 122 cm³/mol. The fraction of sp³-hybridized carbons (Fsp3) is 0.167. The highest BCUT2D eigenvalue weighted by atomic mass is 32.2. The molecule has 0 fully saturated rings. The number of ether oxygens (including phenoxy) is 3. The van der Waals surface area contributed by atoms with Crippen LogP contribution in [-0.2, 0) is 23.2 Å². The lowest BCUT2D eigenvalue weighted by Gasteiger charge is -2.12. The van der Waals surface area contributed by atoms with Crippen molar-refractivity contribution in [1.82, 2.24) is 4.72 Å². The molecule has 168 valence electrons. The lowest BCUT2D eigenvalue weighted by Crippen LogP contribution is -2.20. The van der Waals surface area contributed by atoms with Crippen LogP contribution in [0.1, 0.15) is 16.7 Å². The van der Waals surface area contributed by atoms with E-state index in [-0.39, 0.29) is 12.4 Å². The lowest BCUT2D eigenvalue weighted by atomic mass is 10.2. The van der Waals surface area contributed by atoms with Crippen molar-refractivity contribution in [3.8, 4) is 17.2 Å². The first kappa shape index (κ1) is 23.3. The molecule has 0 amide bonds. The molecule has 0 saturated heterocycles. The van der Waals surface area contributed by atoms with Gasteiger partial charge in [0.2, 0.25) is 10.0 Å². The maximum Gasteiger partial charge on any atom is 0.234 e. The molecule has 3 aromatic carbocycles. The third-order valence-corrected chi connectivity index (χ3v) is 5.61. The van der Waals surface area contributed by atoms with Crippen LogP contribution < -0.4 is 18.9 Å². The Hall–Kier alpha value is -3.36. The van der Waals surface area contributed by atoms with Crippen molar-refractivity contribution in [2.45, 2.75) is 13.2 Å². The van der Waals surface area contributed by atoms with Gasteiger partial charge in [-0.2, -0.15) is 0 Å². The van der Waals surface area contributed by atoms with Crippen molar-refractivity contribution in [2.75, 3.05) is 14.2 Å². The van der Waals surface area contributed by atoms with Gasteiger partial charge in [0.15, 0.2) is 11.5 Å². The molecule has 0 unspecified atom stereocenters. The molecule has 0 atom stereocenters. The standard InChI is InChI=1S/C24H24FNO5S/c1-29-22-10-5-20(6-11-22)17-31-23-12-7-18(15-24(23)30-2)13-14-32(27,28)26-16-19-3-8-21(25)9-4-19/h3-15,26H,16-17H2,1-2H3. The van der Waals surface area contributed by atoms with Crippen molar-refractivity contribution in [3.63, 3.8) is 0 Å². The molecule has 0 radical (unpaired) electrons. The molecule has 0 aliphatic heterocycles. The van der Waals surface area contributed by atoms with Crippen LogP contribution in [0.2, 0.25) is 0 Å². The second-order valence-corrected chi connectivity index (χ2v) is 8.49. The van der Waals surface area contributed by atoms with Crippen molar-refractivity contribution in [1.29, 1.82) is 0 Å². The minimum absolute atomic E-state index is 0.0639. The minimum Gasteiger partial charge on any atom is -0.497 e. The van der Waals surface area contributed by atoms with Crippen LogP contribution in [-0.4, -0.2) is 22.6 Å². The molecule has 0 aromatic heterocycles. The van der Waals surface area contributed by atoms with Gasteiger partial charge in [-0.3, -0.25) is 0 Å². The monoisotopic (exact) mass is 457 g/mol.